The van der Waals surface area contributed by atoms with E-state index in [0.717, 1.165) is 19.4 Å². The number of aliphatic hydroxyl groups is 1. The third-order valence-electron chi connectivity index (χ3n) is 2.31. The molecule has 1 aliphatic rings. The van der Waals surface area contributed by atoms with E-state index in [-0.39, 0.29) is 5.54 Å². The summed E-state index contributed by atoms with van der Waals surface area (Å²) >= 11 is 0. The van der Waals surface area contributed by atoms with Crippen molar-refractivity contribution in [2.75, 3.05) is 13.2 Å². The Morgan fingerprint density at radius 2 is 2.44 bits per heavy atom. The maximum atomic E-state index is 8.95. The molecule has 0 amide bonds. The monoisotopic (exact) mass is 129 g/mol. The summed E-state index contributed by atoms with van der Waals surface area (Å²) in [5.41, 5.74) is 0.0833. The van der Waals surface area contributed by atoms with Crippen LogP contribution in [0.4, 0.5) is 0 Å². The molecular formula is C7H15NO. The molecule has 1 atom stereocenters. The van der Waals surface area contributed by atoms with Crippen molar-refractivity contribution in [2.45, 2.75) is 31.7 Å². The first-order chi connectivity index (χ1) is 4.33. The molecular weight excluding hydrogens is 114 g/mol. The van der Waals surface area contributed by atoms with Crippen LogP contribution in [-0.2, 0) is 0 Å². The maximum Gasteiger partial charge on any atom is 0.0613 e. The Balaban J connectivity index is 2.45. The van der Waals surface area contributed by atoms with E-state index in [2.05, 4.69) is 12.2 Å². The summed E-state index contributed by atoms with van der Waals surface area (Å²) in [4.78, 5) is 0. The highest BCUT2D eigenvalue weighted by atomic mass is 16.3. The molecule has 9 heavy (non-hydrogen) atoms. The second-order valence-corrected chi connectivity index (χ2v) is 2.82. The second-order valence-electron chi connectivity index (χ2n) is 2.82. The Bertz CT molecular complexity index is 80.9. The first-order valence-corrected chi connectivity index (χ1v) is 3.69. The van der Waals surface area contributed by atoms with Crippen LogP contribution in [0.15, 0.2) is 0 Å². The SMILES string of the molecule is CC[C@@]1(CO)CCCN1. The van der Waals surface area contributed by atoms with E-state index in [1.165, 1.54) is 6.42 Å². The fourth-order valence-electron chi connectivity index (χ4n) is 1.42. The third kappa shape index (κ3) is 1.25. The Kier molecular flexibility index (Phi) is 2.09. The highest BCUT2D eigenvalue weighted by molar-refractivity contribution is 4.90. The fourth-order valence-corrected chi connectivity index (χ4v) is 1.42. The molecule has 0 aromatic carbocycles. The lowest BCUT2D eigenvalue weighted by Gasteiger charge is -2.24. The molecule has 2 heteroatoms. The molecule has 0 unspecified atom stereocenters. The summed E-state index contributed by atoms with van der Waals surface area (Å²) < 4.78 is 0. The second kappa shape index (κ2) is 2.67. The summed E-state index contributed by atoms with van der Waals surface area (Å²) in [5.74, 6) is 0. The largest absolute Gasteiger partial charge is 0.394 e. The van der Waals surface area contributed by atoms with Gasteiger partial charge in [0.15, 0.2) is 0 Å². The minimum absolute atomic E-state index is 0.0833. The summed E-state index contributed by atoms with van der Waals surface area (Å²) in [6.07, 6.45) is 3.40. The normalized spacial score (nSPS) is 35.3. The quantitative estimate of drug-likeness (QED) is 0.569. The zero-order valence-corrected chi connectivity index (χ0v) is 5.98. The lowest BCUT2D eigenvalue weighted by atomic mass is 9.96. The molecule has 1 saturated heterocycles. The first kappa shape index (κ1) is 7.03. The molecule has 1 heterocycles. The molecule has 0 radical (unpaired) electrons. The lowest BCUT2D eigenvalue weighted by molar-refractivity contribution is 0.174. The van der Waals surface area contributed by atoms with Gasteiger partial charge in [-0.25, -0.2) is 0 Å². The van der Waals surface area contributed by atoms with E-state index < -0.39 is 0 Å². The van der Waals surface area contributed by atoms with E-state index >= 15 is 0 Å². The number of hydrogen-bond donors (Lipinski definition) is 2. The molecule has 0 aromatic rings. The average Bonchev–Trinajstić information content (AvgIpc) is 2.36. The van der Waals surface area contributed by atoms with Gasteiger partial charge in [-0.1, -0.05) is 6.92 Å². The number of aliphatic hydroxyl groups excluding tert-OH is 1. The van der Waals surface area contributed by atoms with E-state index in [4.69, 9.17) is 5.11 Å². The van der Waals surface area contributed by atoms with Crippen LogP contribution in [0.25, 0.3) is 0 Å². The van der Waals surface area contributed by atoms with Crippen LogP contribution < -0.4 is 5.32 Å². The Morgan fingerprint density at radius 1 is 1.67 bits per heavy atom. The van der Waals surface area contributed by atoms with Gasteiger partial charge < -0.3 is 10.4 Å². The van der Waals surface area contributed by atoms with Gasteiger partial charge in [0.25, 0.3) is 0 Å². The van der Waals surface area contributed by atoms with Crippen LogP contribution >= 0.6 is 0 Å². The molecule has 1 rings (SSSR count). The highest BCUT2D eigenvalue weighted by Crippen LogP contribution is 2.21. The van der Waals surface area contributed by atoms with Gasteiger partial charge in [0.1, 0.15) is 0 Å². The molecule has 0 saturated carbocycles. The first-order valence-electron chi connectivity index (χ1n) is 3.69. The minimum atomic E-state index is 0.0833. The van der Waals surface area contributed by atoms with Crippen LogP contribution in [0.2, 0.25) is 0 Å². The van der Waals surface area contributed by atoms with Gasteiger partial charge in [-0.15, -0.1) is 0 Å². The predicted molar refractivity (Wildman–Crippen MR) is 37.3 cm³/mol. The Hall–Kier alpha value is -0.0800. The van der Waals surface area contributed by atoms with E-state index in [0.29, 0.717) is 6.61 Å². The van der Waals surface area contributed by atoms with Crippen LogP contribution in [-0.4, -0.2) is 23.8 Å². The zero-order chi connectivity index (χ0) is 6.74. The van der Waals surface area contributed by atoms with E-state index in [9.17, 15) is 0 Å². The molecule has 0 spiro atoms. The van der Waals surface area contributed by atoms with Crippen molar-refractivity contribution < 1.29 is 5.11 Å². The summed E-state index contributed by atoms with van der Waals surface area (Å²) in [7, 11) is 0. The Morgan fingerprint density at radius 3 is 2.67 bits per heavy atom. The summed E-state index contributed by atoms with van der Waals surface area (Å²) in [5, 5.41) is 12.3. The van der Waals surface area contributed by atoms with Gasteiger partial charge in [0.2, 0.25) is 0 Å². The topological polar surface area (TPSA) is 32.3 Å². The molecule has 0 aromatic heterocycles. The van der Waals surface area contributed by atoms with Gasteiger partial charge in [-0.05, 0) is 25.8 Å². The van der Waals surface area contributed by atoms with Crippen molar-refractivity contribution in [2.24, 2.45) is 0 Å². The summed E-state index contributed by atoms with van der Waals surface area (Å²) in [6.45, 7) is 3.49. The van der Waals surface area contributed by atoms with Crippen molar-refractivity contribution in [1.29, 1.82) is 0 Å². The average molecular weight is 129 g/mol. The molecule has 2 nitrogen and oxygen atoms in total. The van der Waals surface area contributed by atoms with Crippen molar-refractivity contribution in [3.8, 4) is 0 Å². The van der Waals surface area contributed by atoms with Gasteiger partial charge in [0.05, 0.1) is 6.61 Å². The fraction of sp³-hybridized carbons (Fsp3) is 1.00. The van der Waals surface area contributed by atoms with Crippen molar-refractivity contribution in [3.63, 3.8) is 0 Å². The van der Waals surface area contributed by atoms with Crippen LogP contribution in [0, 0.1) is 0 Å². The van der Waals surface area contributed by atoms with Crippen LogP contribution in [0.5, 0.6) is 0 Å². The molecule has 1 aliphatic heterocycles. The minimum Gasteiger partial charge on any atom is -0.394 e. The maximum absolute atomic E-state index is 8.95. The van der Waals surface area contributed by atoms with Gasteiger partial charge in [-0.2, -0.15) is 0 Å². The lowest BCUT2D eigenvalue weighted by Crippen LogP contribution is -2.42. The van der Waals surface area contributed by atoms with Gasteiger partial charge in [0, 0.05) is 5.54 Å². The van der Waals surface area contributed by atoms with Gasteiger partial charge >= 0.3 is 0 Å². The van der Waals surface area contributed by atoms with E-state index in [1.807, 2.05) is 0 Å². The van der Waals surface area contributed by atoms with Crippen molar-refractivity contribution in [1.82, 2.24) is 5.32 Å². The molecule has 2 N–H and O–H groups in total. The van der Waals surface area contributed by atoms with E-state index in [1.54, 1.807) is 0 Å². The smallest absolute Gasteiger partial charge is 0.0613 e. The number of rotatable bonds is 2. The third-order valence-corrected chi connectivity index (χ3v) is 2.31. The molecule has 1 fully saturated rings. The number of nitrogens with one attached hydrogen (secondary N) is 1. The molecule has 0 bridgehead atoms. The van der Waals surface area contributed by atoms with Crippen molar-refractivity contribution in [3.05, 3.63) is 0 Å². The molecule has 54 valence electrons. The highest BCUT2D eigenvalue weighted by Gasteiger charge is 2.29. The van der Waals surface area contributed by atoms with Crippen LogP contribution in [0.3, 0.4) is 0 Å². The predicted octanol–water partition coefficient (Wildman–Crippen LogP) is 0.511. The molecule has 0 aliphatic carbocycles. The van der Waals surface area contributed by atoms with Crippen LogP contribution in [0.1, 0.15) is 26.2 Å². The number of hydrogen-bond acceptors (Lipinski definition) is 2. The zero-order valence-electron chi connectivity index (χ0n) is 5.98. The standard InChI is InChI=1S/C7H15NO/c1-2-7(6-9)4-3-5-8-7/h8-9H,2-6H2,1H3/t7-/m0/s1. The summed E-state index contributed by atoms with van der Waals surface area (Å²) in [6, 6.07) is 0. The van der Waals surface area contributed by atoms with Crippen molar-refractivity contribution >= 4 is 0 Å². The van der Waals surface area contributed by atoms with Gasteiger partial charge in [-0.3, -0.25) is 0 Å². The Labute approximate surface area is 56.3 Å².